The lowest BCUT2D eigenvalue weighted by Crippen LogP contribution is -2.57. The first kappa shape index (κ1) is 31.2. The number of hydrogen-bond donors (Lipinski definition) is 3. The van der Waals surface area contributed by atoms with Crippen LogP contribution in [0.5, 0.6) is 0 Å². The maximum absolute atomic E-state index is 13.7. The van der Waals surface area contributed by atoms with E-state index in [-0.39, 0.29) is 36.7 Å². The summed E-state index contributed by atoms with van der Waals surface area (Å²) in [4.78, 5) is 46.6. The molecule has 1 fully saturated rings. The van der Waals surface area contributed by atoms with E-state index in [1.54, 1.807) is 11.3 Å². The number of hydrogen-bond acceptors (Lipinski definition) is 6. The van der Waals surface area contributed by atoms with E-state index in [1.165, 1.54) is 4.90 Å². The molecular weight excluding hydrogens is 580 g/mol. The summed E-state index contributed by atoms with van der Waals surface area (Å²) < 4.78 is 0. The second-order valence-corrected chi connectivity index (χ2v) is 13.0. The number of nitrogens with one attached hydrogen (secondary N) is 2. The summed E-state index contributed by atoms with van der Waals surface area (Å²) in [5, 5.41) is 17.3. The molecule has 2 aromatic rings. The minimum Gasteiger partial charge on any atom is -0.391 e. The minimum absolute atomic E-state index is 0.0574. The first-order chi connectivity index (χ1) is 18.4. The van der Waals surface area contributed by atoms with E-state index in [2.05, 4.69) is 31.5 Å². The molecule has 1 aliphatic rings. The zero-order valence-corrected chi connectivity index (χ0v) is 25.9. The van der Waals surface area contributed by atoms with Crippen LogP contribution in [-0.2, 0) is 14.4 Å². The quantitative estimate of drug-likeness (QED) is 0.248. The Morgan fingerprint density at radius 3 is 2.44 bits per heavy atom. The molecule has 3 amide bonds. The average molecular weight is 622 g/mol. The van der Waals surface area contributed by atoms with Gasteiger partial charge in [-0.3, -0.25) is 14.4 Å². The molecule has 0 saturated carbocycles. The van der Waals surface area contributed by atoms with Crippen LogP contribution in [0, 0.1) is 12.3 Å². The van der Waals surface area contributed by atoms with Gasteiger partial charge in [0.05, 0.1) is 28.2 Å². The van der Waals surface area contributed by atoms with Gasteiger partial charge in [-0.05, 0) is 43.2 Å². The van der Waals surface area contributed by atoms with E-state index >= 15 is 0 Å². The molecule has 1 aliphatic heterocycles. The number of thiazole rings is 1. The summed E-state index contributed by atoms with van der Waals surface area (Å²) in [6, 6.07) is 6.09. The van der Waals surface area contributed by atoms with Crippen molar-refractivity contribution in [2.24, 2.45) is 5.41 Å². The number of rotatable bonds is 11. The number of benzene rings is 1. The van der Waals surface area contributed by atoms with Crippen molar-refractivity contribution in [1.82, 2.24) is 20.5 Å². The SMILES string of the molecule is Cc1ncsc1-c1ccc(C(C)NC(=O)[C@@H]2C[C@@H](O)CN2C(=O)C(NC(=O)CCCCCBr)C(C)(C)C)cc1. The predicted molar refractivity (Wildman–Crippen MR) is 159 cm³/mol. The second kappa shape index (κ2) is 13.9. The van der Waals surface area contributed by atoms with Crippen LogP contribution in [0.1, 0.15) is 77.1 Å². The van der Waals surface area contributed by atoms with Crippen molar-refractivity contribution in [3.63, 3.8) is 0 Å². The molecule has 10 heteroatoms. The van der Waals surface area contributed by atoms with E-state index in [9.17, 15) is 19.5 Å². The molecule has 0 spiro atoms. The standard InChI is InChI=1S/C29H41BrN4O4S/c1-18(20-10-12-21(13-11-20)25-19(2)31-17-39-25)32-27(37)23-15-22(35)16-34(23)28(38)26(29(3,4)5)33-24(36)9-7-6-8-14-30/h10-13,17-18,22-23,26,35H,6-9,14-16H2,1-5H3,(H,32,37)(H,33,36)/t18?,22-,23+,26?/m1/s1. The number of amides is 3. The number of likely N-dealkylation sites (tertiary alicyclic amines) is 1. The van der Waals surface area contributed by atoms with Gasteiger partial charge in [-0.2, -0.15) is 0 Å². The number of nitrogens with zero attached hydrogens (tertiary/aromatic N) is 2. The first-order valence-corrected chi connectivity index (χ1v) is 15.6. The number of aliphatic hydroxyl groups is 1. The molecule has 0 radical (unpaired) electrons. The van der Waals surface area contributed by atoms with Crippen molar-refractivity contribution >= 4 is 45.0 Å². The topological polar surface area (TPSA) is 112 Å². The lowest BCUT2D eigenvalue weighted by Gasteiger charge is -2.35. The van der Waals surface area contributed by atoms with Crippen molar-refractivity contribution in [3.8, 4) is 10.4 Å². The van der Waals surface area contributed by atoms with Gasteiger partial charge in [-0.15, -0.1) is 11.3 Å². The van der Waals surface area contributed by atoms with Gasteiger partial charge in [0.25, 0.3) is 0 Å². The van der Waals surface area contributed by atoms with E-state index in [0.717, 1.165) is 46.3 Å². The van der Waals surface area contributed by atoms with Crippen LogP contribution in [0.2, 0.25) is 0 Å². The maximum atomic E-state index is 13.7. The number of unbranched alkanes of at least 4 members (excludes halogenated alkanes) is 2. The number of carbonyl (C=O) groups is 3. The van der Waals surface area contributed by atoms with E-state index < -0.39 is 23.6 Å². The Balaban J connectivity index is 1.68. The van der Waals surface area contributed by atoms with Crippen LogP contribution in [0.15, 0.2) is 29.8 Å². The molecule has 2 heterocycles. The molecular formula is C29H41BrN4O4S. The molecule has 1 saturated heterocycles. The predicted octanol–water partition coefficient (Wildman–Crippen LogP) is 4.74. The van der Waals surface area contributed by atoms with Gasteiger partial charge in [-0.25, -0.2) is 4.98 Å². The van der Waals surface area contributed by atoms with Crippen LogP contribution in [-0.4, -0.2) is 62.8 Å². The number of alkyl halides is 1. The number of aryl methyl sites for hydroxylation is 1. The molecule has 0 bridgehead atoms. The Morgan fingerprint density at radius 1 is 1.15 bits per heavy atom. The number of halogens is 1. The smallest absolute Gasteiger partial charge is 0.246 e. The zero-order valence-electron chi connectivity index (χ0n) is 23.5. The van der Waals surface area contributed by atoms with Crippen LogP contribution in [0.25, 0.3) is 10.4 Å². The van der Waals surface area contributed by atoms with Crippen LogP contribution >= 0.6 is 27.3 Å². The highest BCUT2D eigenvalue weighted by atomic mass is 79.9. The van der Waals surface area contributed by atoms with Gasteiger partial charge >= 0.3 is 0 Å². The Bertz CT molecular complexity index is 1130. The monoisotopic (exact) mass is 620 g/mol. The average Bonchev–Trinajstić information content (AvgIpc) is 3.49. The number of aliphatic hydroxyl groups excluding tert-OH is 1. The summed E-state index contributed by atoms with van der Waals surface area (Å²) in [6.07, 6.45) is 2.37. The summed E-state index contributed by atoms with van der Waals surface area (Å²) in [6.45, 7) is 9.61. The largest absolute Gasteiger partial charge is 0.391 e. The fourth-order valence-electron chi connectivity index (χ4n) is 4.81. The Hall–Kier alpha value is -2.30. The van der Waals surface area contributed by atoms with E-state index in [0.29, 0.717) is 6.42 Å². The van der Waals surface area contributed by atoms with Gasteiger partial charge in [0.1, 0.15) is 12.1 Å². The van der Waals surface area contributed by atoms with Crippen LogP contribution in [0.3, 0.4) is 0 Å². The van der Waals surface area contributed by atoms with Crippen molar-refractivity contribution in [2.75, 3.05) is 11.9 Å². The first-order valence-electron chi connectivity index (χ1n) is 13.6. The molecule has 2 unspecified atom stereocenters. The zero-order chi connectivity index (χ0) is 28.7. The third-order valence-electron chi connectivity index (χ3n) is 7.10. The summed E-state index contributed by atoms with van der Waals surface area (Å²) in [7, 11) is 0. The number of aromatic nitrogens is 1. The fourth-order valence-corrected chi connectivity index (χ4v) is 6.01. The van der Waals surface area contributed by atoms with Gasteiger partial charge < -0.3 is 20.6 Å². The van der Waals surface area contributed by atoms with Crippen molar-refractivity contribution in [3.05, 3.63) is 41.0 Å². The van der Waals surface area contributed by atoms with Crippen LogP contribution < -0.4 is 10.6 Å². The van der Waals surface area contributed by atoms with E-state index in [1.807, 2.05) is 64.4 Å². The minimum atomic E-state index is -0.810. The van der Waals surface area contributed by atoms with Gasteiger partial charge in [-0.1, -0.05) is 67.4 Å². The normalized spacial score (nSPS) is 19.0. The van der Waals surface area contributed by atoms with E-state index in [4.69, 9.17) is 0 Å². The summed E-state index contributed by atoms with van der Waals surface area (Å²) in [5.41, 5.74) is 4.25. The molecule has 8 nitrogen and oxygen atoms in total. The second-order valence-electron chi connectivity index (χ2n) is 11.4. The highest BCUT2D eigenvalue weighted by Gasteiger charge is 2.44. The van der Waals surface area contributed by atoms with Crippen molar-refractivity contribution in [1.29, 1.82) is 0 Å². The third-order valence-corrected chi connectivity index (χ3v) is 8.64. The lowest BCUT2D eigenvalue weighted by atomic mass is 9.85. The molecule has 3 N–H and O–H groups in total. The van der Waals surface area contributed by atoms with Crippen LogP contribution in [0.4, 0.5) is 0 Å². The van der Waals surface area contributed by atoms with Gasteiger partial charge in [0, 0.05) is 24.7 Å². The number of β-amino-alcohol motifs (C(OH)–C–C–N with tert-alkyl or cyclic N) is 1. The van der Waals surface area contributed by atoms with Gasteiger partial charge in [0.15, 0.2) is 0 Å². The molecule has 39 heavy (non-hydrogen) atoms. The number of carbonyl (C=O) groups excluding carboxylic acids is 3. The molecule has 1 aromatic heterocycles. The molecule has 4 atom stereocenters. The maximum Gasteiger partial charge on any atom is 0.246 e. The van der Waals surface area contributed by atoms with Gasteiger partial charge in [0.2, 0.25) is 17.7 Å². The van der Waals surface area contributed by atoms with Crippen molar-refractivity contribution in [2.45, 2.75) is 91.0 Å². The summed E-state index contributed by atoms with van der Waals surface area (Å²) >= 11 is 4.99. The third kappa shape index (κ3) is 8.35. The molecule has 0 aliphatic carbocycles. The fraction of sp³-hybridized carbons (Fsp3) is 0.586. The lowest BCUT2D eigenvalue weighted by molar-refractivity contribution is -0.144. The summed E-state index contributed by atoms with van der Waals surface area (Å²) in [5.74, 6) is -0.835. The Kier molecular flexibility index (Phi) is 11.1. The molecule has 214 valence electrons. The highest BCUT2D eigenvalue weighted by molar-refractivity contribution is 9.09. The van der Waals surface area contributed by atoms with Crippen molar-refractivity contribution < 1.29 is 19.5 Å². The molecule has 1 aromatic carbocycles. The molecule has 3 rings (SSSR count). The Labute approximate surface area is 244 Å². The Morgan fingerprint density at radius 2 is 1.85 bits per heavy atom. The highest BCUT2D eigenvalue weighted by Crippen LogP contribution is 2.29.